The van der Waals surface area contributed by atoms with Gasteiger partial charge in [0.2, 0.25) is 11.8 Å². The molecule has 0 fully saturated rings. The van der Waals surface area contributed by atoms with Crippen LogP contribution in [0.2, 0.25) is 0 Å². The van der Waals surface area contributed by atoms with Crippen LogP contribution in [0.3, 0.4) is 0 Å². The maximum Gasteiger partial charge on any atom is 0.220 e. The Morgan fingerprint density at radius 2 is 1.75 bits per heavy atom. The molecule has 0 saturated heterocycles. The van der Waals surface area contributed by atoms with E-state index in [-0.39, 0.29) is 0 Å². The second-order valence-corrected chi connectivity index (χ2v) is 2.34. The van der Waals surface area contributed by atoms with E-state index in [4.69, 9.17) is 9.47 Å². The molecular weight excluding hydrogens is 176 g/mol. The van der Waals surface area contributed by atoms with Gasteiger partial charge in [0, 0.05) is 0 Å². The molecular formula is C7H10N2O2S. The van der Waals surface area contributed by atoms with Gasteiger partial charge in [0.15, 0.2) is 0 Å². The second kappa shape index (κ2) is 4.15. The smallest absolute Gasteiger partial charge is 0.220 e. The Hall–Kier alpha value is -0.970. The van der Waals surface area contributed by atoms with Crippen molar-refractivity contribution in [2.24, 2.45) is 0 Å². The molecule has 4 nitrogen and oxygen atoms in total. The van der Waals surface area contributed by atoms with E-state index in [2.05, 4.69) is 22.6 Å². The highest BCUT2D eigenvalue weighted by Gasteiger charge is 2.02. The zero-order valence-electron chi connectivity index (χ0n) is 6.94. The molecule has 0 unspecified atom stereocenters. The second-order valence-electron chi connectivity index (χ2n) is 2.03. The van der Waals surface area contributed by atoms with Gasteiger partial charge in [-0.05, 0) is 0 Å². The van der Waals surface area contributed by atoms with Gasteiger partial charge < -0.3 is 9.47 Å². The number of methoxy groups -OCH3 is 2. The molecule has 0 aliphatic rings. The van der Waals surface area contributed by atoms with E-state index in [1.165, 1.54) is 0 Å². The lowest BCUT2D eigenvalue weighted by molar-refractivity contribution is 0.369. The molecule has 0 aromatic carbocycles. The van der Waals surface area contributed by atoms with Crippen molar-refractivity contribution in [3.8, 4) is 11.8 Å². The van der Waals surface area contributed by atoms with Gasteiger partial charge in [0.25, 0.3) is 0 Å². The van der Waals surface area contributed by atoms with Crippen molar-refractivity contribution in [1.82, 2.24) is 9.97 Å². The highest BCUT2D eigenvalue weighted by Crippen LogP contribution is 2.15. The van der Waals surface area contributed by atoms with Gasteiger partial charge in [0.05, 0.1) is 26.0 Å². The van der Waals surface area contributed by atoms with Crippen LogP contribution < -0.4 is 9.47 Å². The summed E-state index contributed by atoms with van der Waals surface area (Å²) < 4.78 is 9.87. The first-order chi connectivity index (χ1) is 5.80. The van der Waals surface area contributed by atoms with Crippen molar-refractivity contribution in [3.05, 3.63) is 11.9 Å². The van der Waals surface area contributed by atoms with Crippen LogP contribution in [0.5, 0.6) is 11.8 Å². The molecule has 0 aliphatic carbocycles. The van der Waals surface area contributed by atoms with Crippen LogP contribution in [-0.2, 0) is 5.75 Å². The standard InChI is InChI=1S/C7H10N2O2S/c1-10-6-3-7(11-2)9-5(4-12)8-6/h3,12H,4H2,1-2H3. The van der Waals surface area contributed by atoms with E-state index >= 15 is 0 Å². The summed E-state index contributed by atoms with van der Waals surface area (Å²) in [5, 5.41) is 0. The molecule has 1 aromatic rings. The predicted octanol–water partition coefficient (Wildman–Crippen LogP) is 0.924. The van der Waals surface area contributed by atoms with E-state index in [9.17, 15) is 0 Å². The number of hydrogen-bond acceptors (Lipinski definition) is 5. The highest BCUT2D eigenvalue weighted by atomic mass is 32.1. The van der Waals surface area contributed by atoms with Crippen LogP contribution in [0, 0.1) is 0 Å². The van der Waals surface area contributed by atoms with Gasteiger partial charge in [-0.15, -0.1) is 0 Å². The van der Waals surface area contributed by atoms with E-state index in [0.717, 1.165) is 0 Å². The summed E-state index contributed by atoms with van der Waals surface area (Å²) in [4.78, 5) is 8.06. The molecule has 0 saturated carbocycles. The van der Waals surface area contributed by atoms with Crippen molar-refractivity contribution < 1.29 is 9.47 Å². The van der Waals surface area contributed by atoms with E-state index in [0.29, 0.717) is 23.3 Å². The van der Waals surface area contributed by atoms with Gasteiger partial charge in [-0.3, -0.25) is 0 Å². The van der Waals surface area contributed by atoms with Crippen molar-refractivity contribution in [2.75, 3.05) is 14.2 Å². The van der Waals surface area contributed by atoms with Crippen molar-refractivity contribution in [3.63, 3.8) is 0 Å². The Kier molecular flexibility index (Phi) is 3.16. The Morgan fingerprint density at radius 3 is 2.08 bits per heavy atom. The number of aromatic nitrogens is 2. The van der Waals surface area contributed by atoms with Crippen LogP contribution in [0.25, 0.3) is 0 Å². The normalized spacial score (nSPS) is 9.58. The largest absolute Gasteiger partial charge is 0.481 e. The SMILES string of the molecule is COc1cc(OC)nc(CS)n1. The third-order valence-corrected chi connectivity index (χ3v) is 1.57. The Morgan fingerprint density at radius 1 is 1.25 bits per heavy atom. The first-order valence-electron chi connectivity index (χ1n) is 3.37. The average Bonchev–Trinajstić information content (AvgIpc) is 2.16. The predicted molar refractivity (Wildman–Crippen MR) is 47.8 cm³/mol. The molecule has 0 bridgehead atoms. The van der Waals surface area contributed by atoms with E-state index < -0.39 is 0 Å². The minimum Gasteiger partial charge on any atom is -0.481 e. The van der Waals surface area contributed by atoms with Crippen molar-refractivity contribution in [2.45, 2.75) is 5.75 Å². The fourth-order valence-electron chi connectivity index (χ4n) is 0.729. The summed E-state index contributed by atoms with van der Waals surface area (Å²) in [5.74, 6) is 2.04. The summed E-state index contributed by atoms with van der Waals surface area (Å²) in [6.07, 6.45) is 0. The molecule has 0 spiro atoms. The molecule has 0 aliphatic heterocycles. The van der Waals surface area contributed by atoms with Crippen LogP contribution in [0.15, 0.2) is 6.07 Å². The summed E-state index contributed by atoms with van der Waals surface area (Å²) in [6.45, 7) is 0. The Bertz CT molecular complexity index is 212. The van der Waals surface area contributed by atoms with E-state index in [1.54, 1.807) is 20.3 Å². The molecule has 1 heterocycles. The number of nitrogens with zero attached hydrogens (tertiary/aromatic N) is 2. The minimum absolute atomic E-state index is 0.466. The molecule has 5 heteroatoms. The zero-order chi connectivity index (χ0) is 8.97. The Balaban J connectivity index is 3.01. The summed E-state index contributed by atoms with van der Waals surface area (Å²) >= 11 is 4.05. The molecule has 0 amide bonds. The van der Waals surface area contributed by atoms with Crippen LogP contribution in [0.1, 0.15) is 5.82 Å². The third-order valence-electron chi connectivity index (χ3n) is 1.29. The fourth-order valence-corrected chi connectivity index (χ4v) is 0.871. The molecule has 12 heavy (non-hydrogen) atoms. The molecule has 1 rings (SSSR count). The quantitative estimate of drug-likeness (QED) is 0.713. The summed E-state index contributed by atoms with van der Waals surface area (Å²) in [5.41, 5.74) is 0. The first-order valence-corrected chi connectivity index (χ1v) is 4.00. The van der Waals surface area contributed by atoms with Gasteiger partial charge in [-0.1, -0.05) is 0 Å². The lowest BCUT2D eigenvalue weighted by Gasteiger charge is -2.03. The minimum atomic E-state index is 0.466. The summed E-state index contributed by atoms with van der Waals surface area (Å²) in [7, 11) is 3.09. The number of hydrogen-bond donors (Lipinski definition) is 1. The first kappa shape index (κ1) is 9.12. The molecule has 0 atom stereocenters. The average molecular weight is 186 g/mol. The highest BCUT2D eigenvalue weighted by molar-refractivity contribution is 7.79. The van der Waals surface area contributed by atoms with E-state index in [1.807, 2.05) is 0 Å². The fraction of sp³-hybridized carbons (Fsp3) is 0.429. The number of thiol groups is 1. The number of rotatable bonds is 3. The number of ether oxygens (including phenoxy) is 2. The summed E-state index contributed by atoms with van der Waals surface area (Å²) in [6, 6.07) is 1.62. The molecule has 66 valence electrons. The van der Waals surface area contributed by atoms with Crippen LogP contribution >= 0.6 is 12.6 Å². The lowest BCUT2D eigenvalue weighted by Crippen LogP contribution is -1.98. The van der Waals surface area contributed by atoms with Crippen molar-refractivity contribution in [1.29, 1.82) is 0 Å². The van der Waals surface area contributed by atoms with Gasteiger partial charge in [0.1, 0.15) is 5.82 Å². The molecule has 0 radical (unpaired) electrons. The molecule has 0 N–H and O–H groups in total. The maximum absolute atomic E-state index is 4.93. The van der Waals surface area contributed by atoms with Gasteiger partial charge >= 0.3 is 0 Å². The van der Waals surface area contributed by atoms with Crippen molar-refractivity contribution >= 4 is 12.6 Å². The monoisotopic (exact) mass is 186 g/mol. The molecule has 1 aromatic heterocycles. The lowest BCUT2D eigenvalue weighted by atomic mass is 10.5. The Labute approximate surface area is 76.3 Å². The third kappa shape index (κ3) is 2.01. The zero-order valence-corrected chi connectivity index (χ0v) is 7.84. The topological polar surface area (TPSA) is 44.2 Å². The van der Waals surface area contributed by atoms with Crippen LogP contribution in [-0.4, -0.2) is 24.2 Å². The van der Waals surface area contributed by atoms with Crippen LogP contribution in [0.4, 0.5) is 0 Å². The maximum atomic E-state index is 4.93. The van der Waals surface area contributed by atoms with Gasteiger partial charge in [-0.2, -0.15) is 22.6 Å². The van der Waals surface area contributed by atoms with Gasteiger partial charge in [-0.25, -0.2) is 0 Å².